The van der Waals surface area contributed by atoms with Crippen LogP contribution in [0.2, 0.25) is 0 Å². The van der Waals surface area contributed by atoms with Crippen LogP contribution in [0.5, 0.6) is 0 Å². The van der Waals surface area contributed by atoms with Gasteiger partial charge in [-0.15, -0.1) is 0 Å². The minimum absolute atomic E-state index is 0.124. The second-order valence-corrected chi connectivity index (χ2v) is 5.84. The average molecular weight is 231 g/mol. The first-order chi connectivity index (χ1) is 6.91. The van der Waals surface area contributed by atoms with Gasteiger partial charge in [-0.3, -0.25) is 5.10 Å². The molecule has 86 valence electrons. The number of aromatic amines is 1. The van der Waals surface area contributed by atoms with Crippen LogP contribution in [0.4, 0.5) is 0 Å². The average Bonchev–Trinajstić information content (AvgIpc) is 2.50. The van der Waals surface area contributed by atoms with Crippen LogP contribution >= 0.6 is 0 Å². The molecule has 1 aromatic rings. The number of rotatable bonds is 5. The number of nitrogens with zero attached hydrogens (tertiary/aromatic N) is 1. The molecule has 0 bridgehead atoms. The molecule has 1 aromatic heterocycles. The molecule has 0 aromatic carbocycles. The Hall–Kier alpha value is -0.880. The summed E-state index contributed by atoms with van der Waals surface area (Å²) in [6.07, 6.45) is 3.30. The molecule has 2 N–H and O–H groups in total. The lowest BCUT2D eigenvalue weighted by molar-refractivity contribution is 0.554. The highest BCUT2D eigenvalue weighted by molar-refractivity contribution is 7.89. The van der Waals surface area contributed by atoms with Gasteiger partial charge in [-0.2, -0.15) is 5.10 Å². The predicted molar refractivity (Wildman–Crippen MR) is 58.8 cm³/mol. The summed E-state index contributed by atoms with van der Waals surface area (Å²) < 4.78 is 25.8. The maximum Gasteiger partial charge on any atom is 0.212 e. The zero-order chi connectivity index (χ0) is 11.5. The van der Waals surface area contributed by atoms with Crippen molar-refractivity contribution >= 4 is 10.0 Å². The number of aromatic nitrogens is 2. The lowest BCUT2D eigenvalue weighted by atomic mass is 10.2. The summed E-state index contributed by atoms with van der Waals surface area (Å²) in [4.78, 5) is 0. The van der Waals surface area contributed by atoms with Gasteiger partial charge >= 0.3 is 0 Å². The van der Waals surface area contributed by atoms with Gasteiger partial charge in [-0.1, -0.05) is 13.8 Å². The molecule has 5 nitrogen and oxygen atoms in total. The normalized spacial score (nSPS) is 14.4. The van der Waals surface area contributed by atoms with Crippen LogP contribution in [-0.4, -0.2) is 24.4 Å². The largest absolute Gasteiger partial charge is 0.285 e. The SMILES string of the molecule is CC(C)CS(=O)(=O)NC(C)c1cn[nH]c1. The molecule has 0 aliphatic heterocycles. The maximum atomic E-state index is 11.6. The molecule has 0 saturated heterocycles. The third-order valence-electron chi connectivity index (χ3n) is 1.93. The molecule has 0 fully saturated rings. The minimum Gasteiger partial charge on any atom is -0.285 e. The van der Waals surface area contributed by atoms with E-state index in [4.69, 9.17) is 0 Å². The highest BCUT2D eigenvalue weighted by Crippen LogP contribution is 2.11. The first kappa shape index (κ1) is 12.2. The monoisotopic (exact) mass is 231 g/mol. The van der Waals surface area contributed by atoms with Crippen LogP contribution in [0, 0.1) is 5.92 Å². The third kappa shape index (κ3) is 4.01. The summed E-state index contributed by atoms with van der Waals surface area (Å²) in [6, 6.07) is -0.243. The molecule has 1 rings (SSSR count). The van der Waals surface area contributed by atoms with Crippen molar-refractivity contribution in [3.05, 3.63) is 18.0 Å². The van der Waals surface area contributed by atoms with E-state index < -0.39 is 10.0 Å². The Morgan fingerprint density at radius 1 is 1.47 bits per heavy atom. The quantitative estimate of drug-likeness (QED) is 0.795. The van der Waals surface area contributed by atoms with E-state index in [1.54, 1.807) is 19.3 Å². The van der Waals surface area contributed by atoms with E-state index in [-0.39, 0.29) is 17.7 Å². The third-order valence-corrected chi connectivity index (χ3v) is 3.75. The summed E-state index contributed by atoms with van der Waals surface area (Å²) in [5.41, 5.74) is 0.835. The number of hydrogen-bond acceptors (Lipinski definition) is 3. The number of nitrogens with one attached hydrogen (secondary N) is 2. The molecule has 0 spiro atoms. The highest BCUT2D eigenvalue weighted by atomic mass is 32.2. The molecular weight excluding hydrogens is 214 g/mol. The fraction of sp³-hybridized carbons (Fsp3) is 0.667. The van der Waals surface area contributed by atoms with Crippen LogP contribution in [0.1, 0.15) is 32.4 Å². The van der Waals surface area contributed by atoms with E-state index in [1.165, 1.54) is 0 Å². The van der Waals surface area contributed by atoms with Crippen LogP contribution in [0.25, 0.3) is 0 Å². The van der Waals surface area contributed by atoms with E-state index in [0.717, 1.165) is 5.56 Å². The van der Waals surface area contributed by atoms with Crippen molar-refractivity contribution in [2.45, 2.75) is 26.8 Å². The lowest BCUT2D eigenvalue weighted by Crippen LogP contribution is -2.30. The molecular formula is C9H17N3O2S. The van der Waals surface area contributed by atoms with Gasteiger partial charge in [0, 0.05) is 17.8 Å². The minimum atomic E-state index is -3.20. The van der Waals surface area contributed by atoms with Gasteiger partial charge in [-0.05, 0) is 12.8 Å². The van der Waals surface area contributed by atoms with Gasteiger partial charge in [0.1, 0.15) is 0 Å². The fourth-order valence-electron chi connectivity index (χ4n) is 1.32. The van der Waals surface area contributed by atoms with Crippen LogP contribution in [0.15, 0.2) is 12.4 Å². The summed E-state index contributed by atoms with van der Waals surface area (Å²) in [7, 11) is -3.20. The first-order valence-electron chi connectivity index (χ1n) is 4.89. The zero-order valence-corrected chi connectivity index (χ0v) is 10.0. The molecule has 6 heteroatoms. The van der Waals surface area contributed by atoms with Gasteiger partial charge in [0.15, 0.2) is 0 Å². The molecule has 0 aliphatic carbocycles. The van der Waals surface area contributed by atoms with Gasteiger partial charge in [0.05, 0.1) is 11.9 Å². The van der Waals surface area contributed by atoms with E-state index in [1.807, 2.05) is 13.8 Å². The molecule has 0 radical (unpaired) electrons. The number of H-pyrrole nitrogens is 1. The fourth-order valence-corrected chi connectivity index (χ4v) is 2.97. The van der Waals surface area contributed by atoms with Crippen molar-refractivity contribution in [3.8, 4) is 0 Å². The van der Waals surface area contributed by atoms with E-state index in [9.17, 15) is 8.42 Å². The van der Waals surface area contributed by atoms with E-state index in [0.29, 0.717) is 0 Å². The number of sulfonamides is 1. The van der Waals surface area contributed by atoms with Crippen molar-refractivity contribution in [1.82, 2.24) is 14.9 Å². The second-order valence-electron chi connectivity index (χ2n) is 4.05. The van der Waals surface area contributed by atoms with Crippen LogP contribution < -0.4 is 4.72 Å². The first-order valence-corrected chi connectivity index (χ1v) is 6.54. The Balaban J connectivity index is 2.62. The lowest BCUT2D eigenvalue weighted by Gasteiger charge is -2.13. The summed E-state index contributed by atoms with van der Waals surface area (Å²) >= 11 is 0. The van der Waals surface area contributed by atoms with Crippen LogP contribution in [-0.2, 0) is 10.0 Å². The van der Waals surface area contributed by atoms with Crippen LogP contribution in [0.3, 0.4) is 0 Å². The summed E-state index contributed by atoms with van der Waals surface area (Å²) in [5, 5.41) is 6.43. The Bertz CT molecular complexity index is 383. The van der Waals surface area contributed by atoms with Crippen molar-refractivity contribution in [2.75, 3.05) is 5.75 Å². The van der Waals surface area contributed by atoms with Crippen molar-refractivity contribution in [1.29, 1.82) is 0 Å². The van der Waals surface area contributed by atoms with E-state index in [2.05, 4.69) is 14.9 Å². The van der Waals surface area contributed by atoms with Crippen molar-refractivity contribution in [2.24, 2.45) is 5.92 Å². The molecule has 0 amide bonds. The summed E-state index contributed by atoms with van der Waals surface area (Å²) in [5.74, 6) is 0.272. The summed E-state index contributed by atoms with van der Waals surface area (Å²) in [6.45, 7) is 5.55. The van der Waals surface area contributed by atoms with E-state index >= 15 is 0 Å². The Morgan fingerprint density at radius 2 is 2.13 bits per heavy atom. The van der Waals surface area contributed by atoms with Gasteiger partial charge < -0.3 is 0 Å². The Kier molecular flexibility index (Phi) is 3.87. The van der Waals surface area contributed by atoms with Gasteiger partial charge in [0.2, 0.25) is 10.0 Å². The van der Waals surface area contributed by atoms with Crippen molar-refractivity contribution < 1.29 is 8.42 Å². The maximum absolute atomic E-state index is 11.6. The molecule has 1 unspecified atom stereocenters. The Labute approximate surface area is 90.3 Å². The van der Waals surface area contributed by atoms with Crippen molar-refractivity contribution in [3.63, 3.8) is 0 Å². The molecule has 1 heterocycles. The molecule has 15 heavy (non-hydrogen) atoms. The standard InChI is InChI=1S/C9H17N3O2S/c1-7(2)6-15(13,14)12-8(3)9-4-10-11-5-9/h4-5,7-8,12H,6H2,1-3H3,(H,10,11). The Morgan fingerprint density at radius 3 is 2.60 bits per heavy atom. The molecule has 1 atom stereocenters. The number of hydrogen-bond donors (Lipinski definition) is 2. The molecule has 0 aliphatic rings. The highest BCUT2D eigenvalue weighted by Gasteiger charge is 2.17. The van der Waals surface area contributed by atoms with Gasteiger partial charge in [0.25, 0.3) is 0 Å². The molecule has 0 saturated carbocycles. The second kappa shape index (κ2) is 4.76. The zero-order valence-electron chi connectivity index (χ0n) is 9.19. The van der Waals surface area contributed by atoms with Gasteiger partial charge in [-0.25, -0.2) is 13.1 Å². The smallest absolute Gasteiger partial charge is 0.212 e. The predicted octanol–water partition coefficient (Wildman–Crippen LogP) is 1.05. The topological polar surface area (TPSA) is 74.8 Å².